The molecule has 1 aliphatic rings. The first-order chi connectivity index (χ1) is 18.5. The molecule has 194 valence electrons. The maximum atomic E-state index is 12.4. The number of ether oxygens (including phenoxy) is 1. The number of amides is 1. The lowest BCUT2D eigenvalue weighted by molar-refractivity contribution is -0.146. The number of aryl methyl sites for hydroxylation is 1. The molecule has 6 heteroatoms. The number of carbonyl (C=O) groups excluding carboxylic acids is 2. The summed E-state index contributed by atoms with van der Waals surface area (Å²) >= 11 is 0. The average Bonchev–Trinajstić information content (AvgIpc) is 3.69. The van der Waals surface area contributed by atoms with Gasteiger partial charge in [0.2, 0.25) is 5.91 Å². The Hall–Kier alpha value is -4.19. The van der Waals surface area contributed by atoms with E-state index < -0.39 is 5.41 Å². The van der Waals surface area contributed by atoms with Gasteiger partial charge in [0.15, 0.2) is 5.76 Å². The Balaban J connectivity index is 1.24. The Morgan fingerprint density at radius 2 is 1.55 bits per heavy atom. The maximum absolute atomic E-state index is 12.4. The fourth-order valence-corrected chi connectivity index (χ4v) is 4.83. The Bertz CT molecular complexity index is 1400. The van der Waals surface area contributed by atoms with Crippen LogP contribution in [0.3, 0.4) is 0 Å². The topological polar surface area (TPSA) is 81.4 Å². The quantitative estimate of drug-likeness (QED) is 0.260. The summed E-state index contributed by atoms with van der Waals surface area (Å²) in [5.74, 6) is 0.574. The van der Waals surface area contributed by atoms with Gasteiger partial charge in [0.1, 0.15) is 0 Å². The molecule has 4 aromatic rings. The summed E-state index contributed by atoms with van der Waals surface area (Å²) in [5.41, 5.74) is 6.44. The molecule has 1 heterocycles. The number of nitrogens with zero attached hydrogens (tertiary/aromatic N) is 1. The number of benzene rings is 3. The van der Waals surface area contributed by atoms with Gasteiger partial charge in [-0.05, 0) is 55.4 Å². The van der Waals surface area contributed by atoms with E-state index in [1.165, 1.54) is 0 Å². The summed E-state index contributed by atoms with van der Waals surface area (Å²) in [7, 11) is 0. The molecule has 1 N–H and O–H groups in total. The number of esters is 1. The molecule has 0 unspecified atom stereocenters. The van der Waals surface area contributed by atoms with Crippen molar-refractivity contribution in [2.45, 2.75) is 51.5 Å². The van der Waals surface area contributed by atoms with Crippen LogP contribution in [0.15, 0.2) is 83.4 Å². The van der Waals surface area contributed by atoms with Gasteiger partial charge in [-0.1, -0.05) is 84.0 Å². The highest BCUT2D eigenvalue weighted by Gasteiger charge is 2.52. The second-order valence-corrected chi connectivity index (χ2v) is 9.80. The average molecular weight is 509 g/mol. The predicted molar refractivity (Wildman–Crippen MR) is 146 cm³/mol. The largest absolute Gasteiger partial charge is 0.465 e. The molecule has 0 saturated heterocycles. The van der Waals surface area contributed by atoms with Crippen LogP contribution >= 0.6 is 0 Å². The number of carbonyl (C=O) groups is 2. The summed E-state index contributed by atoms with van der Waals surface area (Å²) in [4.78, 5) is 24.8. The van der Waals surface area contributed by atoms with Gasteiger partial charge >= 0.3 is 5.97 Å². The zero-order valence-corrected chi connectivity index (χ0v) is 21.8. The first-order valence-electron chi connectivity index (χ1n) is 13.1. The Kier molecular flexibility index (Phi) is 7.40. The van der Waals surface area contributed by atoms with E-state index in [1.54, 1.807) is 0 Å². The van der Waals surface area contributed by atoms with Gasteiger partial charge in [-0.3, -0.25) is 9.59 Å². The van der Waals surface area contributed by atoms with Gasteiger partial charge in [0, 0.05) is 24.1 Å². The smallest absolute Gasteiger partial charge is 0.316 e. The molecule has 0 radical (unpaired) electrons. The molecule has 0 bridgehead atoms. The highest BCUT2D eigenvalue weighted by molar-refractivity contribution is 5.87. The molecular weight excluding hydrogens is 476 g/mol. The molecule has 1 saturated carbocycles. The van der Waals surface area contributed by atoms with E-state index in [2.05, 4.69) is 34.7 Å². The minimum Gasteiger partial charge on any atom is -0.465 e. The zero-order chi connectivity index (χ0) is 26.5. The highest BCUT2D eigenvalue weighted by atomic mass is 16.5. The van der Waals surface area contributed by atoms with Crippen molar-refractivity contribution in [1.29, 1.82) is 0 Å². The molecule has 3 aromatic carbocycles. The van der Waals surface area contributed by atoms with E-state index in [0.717, 1.165) is 51.9 Å². The zero-order valence-electron chi connectivity index (χ0n) is 21.8. The Morgan fingerprint density at radius 1 is 0.921 bits per heavy atom. The molecular formula is C32H32N2O4. The minimum absolute atomic E-state index is 0.00451. The van der Waals surface area contributed by atoms with Crippen LogP contribution in [0.25, 0.3) is 22.5 Å². The Morgan fingerprint density at radius 3 is 2.18 bits per heavy atom. The molecule has 0 aliphatic heterocycles. The van der Waals surface area contributed by atoms with Gasteiger partial charge in [-0.2, -0.15) is 0 Å². The van der Waals surface area contributed by atoms with Crippen molar-refractivity contribution < 1.29 is 18.8 Å². The van der Waals surface area contributed by atoms with Crippen LogP contribution in [0.5, 0.6) is 0 Å². The van der Waals surface area contributed by atoms with Crippen molar-refractivity contribution in [2.75, 3.05) is 6.61 Å². The lowest BCUT2D eigenvalue weighted by Crippen LogP contribution is -2.23. The third kappa shape index (κ3) is 5.40. The molecule has 38 heavy (non-hydrogen) atoms. The number of aromatic nitrogens is 1. The fraction of sp³-hybridized carbons (Fsp3) is 0.281. The predicted octanol–water partition coefficient (Wildman–Crippen LogP) is 6.16. The first-order valence-corrected chi connectivity index (χ1v) is 13.1. The first kappa shape index (κ1) is 25.5. The lowest BCUT2D eigenvalue weighted by atomic mass is 9.93. The van der Waals surface area contributed by atoms with E-state index in [4.69, 9.17) is 9.26 Å². The van der Waals surface area contributed by atoms with Gasteiger partial charge < -0.3 is 14.6 Å². The third-order valence-corrected chi connectivity index (χ3v) is 7.25. The van der Waals surface area contributed by atoms with Crippen LogP contribution in [0.1, 0.15) is 48.6 Å². The summed E-state index contributed by atoms with van der Waals surface area (Å²) in [6, 6.07) is 26.2. The summed E-state index contributed by atoms with van der Waals surface area (Å²) in [6.07, 6.45) is 2.59. The van der Waals surface area contributed by atoms with E-state index >= 15 is 0 Å². The summed E-state index contributed by atoms with van der Waals surface area (Å²) in [5, 5.41) is 7.15. The van der Waals surface area contributed by atoms with Crippen LogP contribution < -0.4 is 5.32 Å². The monoisotopic (exact) mass is 508 g/mol. The number of hydrogen-bond acceptors (Lipinski definition) is 5. The normalized spacial score (nSPS) is 13.6. The molecule has 1 aromatic heterocycles. The fourth-order valence-electron chi connectivity index (χ4n) is 4.83. The van der Waals surface area contributed by atoms with Crippen molar-refractivity contribution in [2.24, 2.45) is 0 Å². The second-order valence-electron chi connectivity index (χ2n) is 9.80. The van der Waals surface area contributed by atoms with Crippen molar-refractivity contribution in [3.05, 3.63) is 101 Å². The number of nitrogens with one attached hydrogen (secondary N) is 1. The van der Waals surface area contributed by atoms with E-state index in [-0.39, 0.29) is 11.9 Å². The van der Waals surface area contributed by atoms with Crippen LogP contribution in [-0.2, 0) is 32.7 Å². The molecule has 1 amide bonds. The van der Waals surface area contributed by atoms with Crippen molar-refractivity contribution in [1.82, 2.24) is 10.5 Å². The summed E-state index contributed by atoms with van der Waals surface area (Å²) in [6.45, 7) is 4.66. The number of rotatable bonds is 10. The van der Waals surface area contributed by atoms with Gasteiger partial charge in [0.25, 0.3) is 0 Å². The molecule has 1 fully saturated rings. The van der Waals surface area contributed by atoms with Crippen LogP contribution in [0.2, 0.25) is 0 Å². The SMILES string of the molecule is CCOC(=O)C1(c2ccc(-c3ccc(-c4onc(C)c4CCC(=O)NCc4ccccc4)cc3)cc2)CC1. The van der Waals surface area contributed by atoms with Crippen molar-refractivity contribution in [3.8, 4) is 22.5 Å². The maximum Gasteiger partial charge on any atom is 0.316 e. The van der Waals surface area contributed by atoms with Crippen LogP contribution in [-0.4, -0.2) is 23.6 Å². The van der Waals surface area contributed by atoms with E-state index in [0.29, 0.717) is 31.8 Å². The van der Waals surface area contributed by atoms with Gasteiger partial charge in [-0.25, -0.2) is 0 Å². The third-order valence-electron chi connectivity index (χ3n) is 7.25. The molecule has 6 nitrogen and oxygen atoms in total. The molecule has 0 spiro atoms. The lowest BCUT2D eigenvalue weighted by Gasteiger charge is -2.14. The minimum atomic E-state index is -0.461. The molecule has 5 rings (SSSR count). The van der Waals surface area contributed by atoms with Gasteiger partial charge in [-0.15, -0.1) is 0 Å². The van der Waals surface area contributed by atoms with Crippen molar-refractivity contribution in [3.63, 3.8) is 0 Å². The standard InChI is InChI=1S/C32H32N2O4/c1-3-37-31(36)32(19-20-32)27-15-13-25(14-16-27)24-9-11-26(12-10-24)30-28(22(2)34-38-30)17-18-29(35)33-21-23-7-5-4-6-8-23/h4-16H,3,17-21H2,1-2H3,(H,33,35). The van der Waals surface area contributed by atoms with E-state index in [1.807, 2.05) is 68.4 Å². The van der Waals surface area contributed by atoms with Crippen molar-refractivity contribution >= 4 is 11.9 Å². The Labute approximate surface area is 223 Å². The molecule has 1 aliphatic carbocycles. The van der Waals surface area contributed by atoms with Gasteiger partial charge in [0.05, 0.1) is 17.7 Å². The summed E-state index contributed by atoms with van der Waals surface area (Å²) < 4.78 is 11.0. The second kappa shape index (κ2) is 11.1. The van der Waals surface area contributed by atoms with E-state index in [9.17, 15) is 9.59 Å². The number of hydrogen-bond donors (Lipinski definition) is 1. The van der Waals surface area contributed by atoms with Crippen LogP contribution in [0.4, 0.5) is 0 Å². The van der Waals surface area contributed by atoms with Crippen LogP contribution in [0, 0.1) is 6.92 Å². The highest BCUT2D eigenvalue weighted by Crippen LogP contribution is 2.49. The molecule has 0 atom stereocenters.